The molecule has 0 radical (unpaired) electrons. The van der Waals surface area contributed by atoms with Gasteiger partial charge in [-0.25, -0.2) is 0 Å². The van der Waals surface area contributed by atoms with Crippen molar-refractivity contribution in [3.8, 4) is 11.5 Å². The fourth-order valence-corrected chi connectivity index (χ4v) is 6.38. The van der Waals surface area contributed by atoms with Crippen LogP contribution in [-0.4, -0.2) is 64.7 Å². The number of phenols is 1. The Balaban J connectivity index is 1.56. The molecule has 11 heteroatoms. The highest BCUT2D eigenvalue weighted by Crippen LogP contribution is 2.53. The number of primary amides is 1. The summed E-state index contributed by atoms with van der Waals surface area (Å²) in [6, 6.07) is 9.36. The van der Waals surface area contributed by atoms with Crippen molar-refractivity contribution in [1.29, 1.82) is 0 Å². The molecule has 3 aliphatic rings. The fraction of sp³-hybridized carbons (Fsp3) is 0.367. The van der Waals surface area contributed by atoms with Crippen molar-refractivity contribution in [2.75, 3.05) is 26.1 Å². The number of rotatable bonds is 7. The lowest BCUT2D eigenvalue weighted by Crippen LogP contribution is -2.58. The minimum absolute atomic E-state index is 0.0708. The molecule has 1 amide bonds. The number of anilines is 1. The number of carbonyl (C=O) groups is 3. The van der Waals surface area contributed by atoms with Crippen molar-refractivity contribution >= 4 is 28.9 Å². The molecule has 11 nitrogen and oxygen atoms in total. The number of benzene rings is 2. The number of ketones is 2. The van der Waals surface area contributed by atoms with Crippen LogP contribution in [-0.2, 0) is 33.9 Å². The van der Waals surface area contributed by atoms with Gasteiger partial charge in [0.05, 0.1) is 12.7 Å². The van der Waals surface area contributed by atoms with E-state index >= 15 is 0 Å². The standard InChI is InChI=1S/C30H33N3O8/c1-33(2)20-10-16(13-32-12-14-5-4-6-18(7-14)41-3)25(35)23-19(20)9-15-8-17-11-21(34)24(29(31)39)28(38)30(17,40)27(37)22(15)26(23)36/h4-7,10,15,17,32,35-36,38,40H,8-9,11-13H2,1-3H3,(H2,31,39)/t15-,17+,30+/m1/s1. The van der Waals surface area contributed by atoms with Crippen LogP contribution in [0.4, 0.5) is 5.69 Å². The van der Waals surface area contributed by atoms with E-state index in [9.17, 15) is 34.8 Å². The van der Waals surface area contributed by atoms with Crippen LogP contribution in [0.15, 0.2) is 47.2 Å². The zero-order chi connectivity index (χ0) is 29.8. The molecule has 0 aliphatic heterocycles. The number of aliphatic hydroxyl groups is 3. The van der Waals surface area contributed by atoms with Gasteiger partial charge in [0.2, 0.25) is 5.78 Å². The summed E-state index contributed by atoms with van der Waals surface area (Å²) in [5.74, 6) is -5.71. The maximum Gasteiger partial charge on any atom is 0.255 e. The highest BCUT2D eigenvalue weighted by Gasteiger charge is 2.60. The number of hydrogen-bond acceptors (Lipinski definition) is 10. The van der Waals surface area contributed by atoms with Gasteiger partial charge in [-0.15, -0.1) is 0 Å². The van der Waals surface area contributed by atoms with Gasteiger partial charge in [-0.3, -0.25) is 14.4 Å². The number of carbonyl (C=O) groups excluding carboxylic acids is 3. The predicted molar refractivity (Wildman–Crippen MR) is 149 cm³/mol. The van der Waals surface area contributed by atoms with Crippen LogP contribution in [0.2, 0.25) is 0 Å². The second-order valence-electron chi connectivity index (χ2n) is 11.0. The molecule has 0 bridgehead atoms. The van der Waals surface area contributed by atoms with Crippen molar-refractivity contribution in [2.24, 2.45) is 17.6 Å². The first-order chi connectivity index (χ1) is 19.4. The molecule has 0 spiro atoms. The molecule has 1 saturated carbocycles. The van der Waals surface area contributed by atoms with Gasteiger partial charge in [0.1, 0.15) is 28.6 Å². The lowest BCUT2D eigenvalue weighted by atomic mass is 9.59. The van der Waals surface area contributed by atoms with Crippen molar-refractivity contribution in [2.45, 2.75) is 38.0 Å². The summed E-state index contributed by atoms with van der Waals surface area (Å²) in [6.07, 6.45) is -0.0287. The smallest absolute Gasteiger partial charge is 0.255 e. The number of nitrogens with one attached hydrogen (secondary N) is 1. The Morgan fingerprint density at radius 2 is 1.88 bits per heavy atom. The Labute approximate surface area is 236 Å². The maximum absolute atomic E-state index is 13.8. The normalized spacial score (nSPS) is 23.6. The Kier molecular flexibility index (Phi) is 7.04. The van der Waals surface area contributed by atoms with Crippen LogP contribution < -0.4 is 20.7 Å². The minimum Gasteiger partial charge on any atom is -0.508 e. The number of ether oxygens (including phenoxy) is 1. The average molecular weight is 564 g/mol. The van der Waals surface area contributed by atoms with E-state index in [0.29, 0.717) is 23.4 Å². The molecule has 3 atom stereocenters. The number of nitrogens with zero attached hydrogens (tertiary/aromatic N) is 1. The predicted octanol–water partition coefficient (Wildman–Crippen LogP) is 1.79. The van der Waals surface area contributed by atoms with E-state index in [-0.39, 0.29) is 42.7 Å². The Morgan fingerprint density at radius 3 is 2.54 bits per heavy atom. The van der Waals surface area contributed by atoms with Gasteiger partial charge in [-0.2, -0.15) is 0 Å². The first-order valence-corrected chi connectivity index (χ1v) is 13.3. The van der Waals surface area contributed by atoms with E-state index in [2.05, 4.69) is 5.32 Å². The molecular weight excluding hydrogens is 530 g/mol. The van der Waals surface area contributed by atoms with Crippen LogP contribution in [0.1, 0.15) is 35.1 Å². The minimum atomic E-state index is -2.59. The third kappa shape index (κ3) is 4.41. The van der Waals surface area contributed by atoms with Gasteiger partial charge in [0.25, 0.3) is 5.91 Å². The number of phenolic OH excluding ortho intramolecular Hbond substituents is 1. The van der Waals surface area contributed by atoms with Crippen LogP contribution in [0.25, 0.3) is 5.76 Å². The molecule has 2 aromatic carbocycles. The topological polar surface area (TPSA) is 183 Å². The quantitative estimate of drug-likeness (QED) is 0.272. The zero-order valence-electron chi connectivity index (χ0n) is 23.0. The molecule has 1 fully saturated rings. The highest BCUT2D eigenvalue weighted by molar-refractivity contribution is 6.22. The van der Waals surface area contributed by atoms with E-state index in [1.807, 2.05) is 49.3 Å². The molecule has 0 unspecified atom stereocenters. The zero-order valence-corrected chi connectivity index (χ0v) is 23.0. The molecule has 0 heterocycles. The van der Waals surface area contributed by atoms with E-state index < -0.39 is 52.0 Å². The number of amides is 1. The van der Waals surface area contributed by atoms with E-state index in [4.69, 9.17) is 10.5 Å². The summed E-state index contributed by atoms with van der Waals surface area (Å²) in [6.45, 7) is 0.705. The number of hydrogen-bond donors (Lipinski definition) is 6. The molecule has 7 N–H and O–H groups in total. The number of Topliss-reactive ketones (excluding diaryl/α,β-unsaturated/α-hetero) is 2. The van der Waals surface area contributed by atoms with Crippen LogP contribution in [0.5, 0.6) is 11.5 Å². The van der Waals surface area contributed by atoms with Crippen molar-refractivity contribution < 1.29 is 39.5 Å². The fourth-order valence-electron chi connectivity index (χ4n) is 6.38. The number of aliphatic hydroxyl groups excluding tert-OH is 2. The summed E-state index contributed by atoms with van der Waals surface area (Å²) < 4.78 is 5.27. The second-order valence-corrected chi connectivity index (χ2v) is 11.0. The Bertz CT molecular complexity index is 1540. The van der Waals surface area contributed by atoms with Gasteiger partial charge >= 0.3 is 0 Å². The van der Waals surface area contributed by atoms with Crippen LogP contribution in [0, 0.1) is 11.8 Å². The molecule has 41 heavy (non-hydrogen) atoms. The summed E-state index contributed by atoms with van der Waals surface area (Å²) in [7, 11) is 5.24. The first-order valence-electron chi connectivity index (χ1n) is 13.3. The second kappa shape index (κ2) is 10.2. The molecule has 3 aliphatic carbocycles. The van der Waals surface area contributed by atoms with Crippen molar-refractivity contribution in [3.63, 3.8) is 0 Å². The van der Waals surface area contributed by atoms with E-state index in [1.54, 1.807) is 7.11 Å². The largest absolute Gasteiger partial charge is 0.508 e. The third-order valence-corrected chi connectivity index (χ3v) is 8.38. The Morgan fingerprint density at radius 1 is 1.15 bits per heavy atom. The van der Waals surface area contributed by atoms with Gasteiger partial charge in [-0.05, 0) is 48.1 Å². The van der Waals surface area contributed by atoms with Gasteiger partial charge in [0, 0.05) is 56.3 Å². The summed E-state index contributed by atoms with van der Waals surface area (Å²) in [5.41, 5.74) is 4.55. The molecular formula is C30H33N3O8. The summed E-state index contributed by atoms with van der Waals surface area (Å²) in [4.78, 5) is 40.0. The SMILES string of the molecule is COc1cccc(CNCc2cc(N(C)C)c3c(c2O)C(O)=C2C(=O)[C@]4(O)C(O)=C(C(N)=O)C(=O)C[C@@H]4C[C@@H]2C3)c1. The molecule has 216 valence electrons. The van der Waals surface area contributed by atoms with Crippen LogP contribution >= 0.6 is 0 Å². The highest BCUT2D eigenvalue weighted by atomic mass is 16.5. The number of nitrogens with two attached hydrogens (primary N) is 1. The average Bonchev–Trinajstić information content (AvgIpc) is 2.91. The van der Waals surface area contributed by atoms with Crippen LogP contribution in [0.3, 0.4) is 0 Å². The molecule has 5 rings (SSSR count). The number of methoxy groups -OCH3 is 1. The number of fused-ring (bicyclic) bond motifs is 3. The third-order valence-electron chi connectivity index (χ3n) is 8.38. The summed E-state index contributed by atoms with van der Waals surface area (Å²) >= 11 is 0. The van der Waals surface area contributed by atoms with Gasteiger partial charge < -0.3 is 41.1 Å². The first kappa shape index (κ1) is 28.2. The van der Waals surface area contributed by atoms with Crippen molar-refractivity contribution in [3.05, 3.63) is 69.5 Å². The Hall–Kier alpha value is -4.35. The maximum atomic E-state index is 13.8. The lowest BCUT2D eigenvalue weighted by molar-refractivity contribution is -0.147. The molecule has 2 aromatic rings. The van der Waals surface area contributed by atoms with E-state index in [1.165, 1.54) is 0 Å². The molecule has 0 saturated heterocycles. The van der Waals surface area contributed by atoms with Crippen molar-refractivity contribution in [1.82, 2.24) is 5.32 Å². The number of aromatic hydroxyl groups is 1. The van der Waals surface area contributed by atoms with E-state index in [0.717, 1.165) is 11.3 Å². The summed E-state index contributed by atoms with van der Waals surface area (Å²) in [5, 5.41) is 48.3. The monoisotopic (exact) mass is 563 g/mol. The molecule has 0 aromatic heterocycles. The lowest BCUT2D eigenvalue weighted by Gasteiger charge is -2.46. The van der Waals surface area contributed by atoms with Gasteiger partial charge in [0.15, 0.2) is 11.4 Å². The van der Waals surface area contributed by atoms with Gasteiger partial charge in [-0.1, -0.05) is 12.1 Å².